The van der Waals surface area contributed by atoms with Crippen LogP contribution in [0.5, 0.6) is 0 Å². The molecule has 1 aliphatic rings. The van der Waals surface area contributed by atoms with Gasteiger partial charge in [-0.3, -0.25) is 4.79 Å². The molecule has 1 atom stereocenters. The summed E-state index contributed by atoms with van der Waals surface area (Å²) in [6.07, 6.45) is 3.67. The number of nitrogens with one attached hydrogen (secondary N) is 1. The highest BCUT2D eigenvalue weighted by atomic mass is 19.1. The van der Waals surface area contributed by atoms with Gasteiger partial charge in [-0.2, -0.15) is 0 Å². The van der Waals surface area contributed by atoms with Crippen LogP contribution >= 0.6 is 0 Å². The summed E-state index contributed by atoms with van der Waals surface area (Å²) >= 11 is 0. The van der Waals surface area contributed by atoms with E-state index in [9.17, 15) is 14.0 Å². The maximum absolute atomic E-state index is 13.7. The molecule has 0 radical (unpaired) electrons. The van der Waals surface area contributed by atoms with Gasteiger partial charge in [-0.15, -0.1) is 0 Å². The summed E-state index contributed by atoms with van der Waals surface area (Å²) in [5.74, 6) is -0.718. The van der Waals surface area contributed by atoms with E-state index in [0.717, 1.165) is 37.9 Å². The van der Waals surface area contributed by atoms with Crippen molar-refractivity contribution in [3.63, 3.8) is 0 Å². The quantitative estimate of drug-likeness (QED) is 0.468. The number of carbonyl (C=O) groups excluding carboxylic acids is 2. The van der Waals surface area contributed by atoms with Gasteiger partial charge in [0.05, 0.1) is 13.1 Å². The van der Waals surface area contributed by atoms with Gasteiger partial charge in [-0.25, -0.2) is 9.18 Å². The fraction of sp³-hybridized carbons (Fsp3) is 0.462. The number of quaternary nitrogens is 1. The van der Waals surface area contributed by atoms with Crippen molar-refractivity contribution >= 4 is 17.6 Å². The van der Waals surface area contributed by atoms with E-state index in [1.165, 1.54) is 12.1 Å². The zero-order chi connectivity index (χ0) is 23.1. The van der Waals surface area contributed by atoms with Crippen molar-refractivity contribution in [2.45, 2.75) is 59.1 Å². The fourth-order valence-corrected chi connectivity index (χ4v) is 4.90. The number of esters is 1. The van der Waals surface area contributed by atoms with Crippen LogP contribution in [-0.2, 0) is 20.9 Å². The van der Waals surface area contributed by atoms with Gasteiger partial charge in [0.1, 0.15) is 12.4 Å². The second-order valence-corrected chi connectivity index (χ2v) is 8.86. The molecule has 6 heteroatoms. The maximum Gasteiger partial charge on any atom is 0.362 e. The lowest BCUT2D eigenvalue weighted by Crippen LogP contribution is -2.63. The van der Waals surface area contributed by atoms with Crippen LogP contribution in [0.25, 0.3) is 0 Å². The highest BCUT2D eigenvalue weighted by Crippen LogP contribution is 2.28. The van der Waals surface area contributed by atoms with Gasteiger partial charge < -0.3 is 14.5 Å². The first-order valence-corrected chi connectivity index (χ1v) is 11.5. The third kappa shape index (κ3) is 5.74. The first kappa shape index (κ1) is 23.9. The smallest absolute Gasteiger partial charge is 0.362 e. The van der Waals surface area contributed by atoms with Gasteiger partial charge in [-0.05, 0) is 61.9 Å². The number of halogens is 1. The Balaban J connectivity index is 1.76. The molecule has 0 aromatic heterocycles. The molecule has 1 aliphatic heterocycles. The molecule has 0 aliphatic carbocycles. The lowest BCUT2D eigenvalue weighted by molar-refractivity contribution is -0.940. The SMILES string of the molecule is CCC(C(=O)Nc1c(C)cc(F)cc1C)[N+]1(CC(=O)OCc2ccccc2)CCCCC1. The highest BCUT2D eigenvalue weighted by molar-refractivity contribution is 5.95. The minimum Gasteiger partial charge on any atom is -0.457 e. The number of amides is 1. The molecule has 1 fully saturated rings. The predicted molar refractivity (Wildman–Crippen MR) is 124 cm³/mol. The third-order valence-electron chi connectivity index (χ3n) is 6.49. The van der Waals surface area contributed by atoms with E-state index >= 15 is 0 Å². The molecule has 5 nitrogen and oxygen atoms in total. The van der Waals surface area contributed by atoms with Crippen molar-refractivity contribution in [2.75, 3.05) is 25.0 Å². The van der Waals surface area contributed by atoms with E-state index in [0.29, 0.717) is 27.7 Å². The summed E-state index contributed by atoms with van der Waals surface area (Å²) in [6, 6.07) is 12.1. The van der Waals surface area contributed by atoms with Gasteiger partial charge >= 0.3 is 5.97 Å². The van der Waals surface area contributed by atoms with E-state index < -0.39 is 0 Å². The molecule has 1 amide bonds. The van der Waals surface area contributed by atoms with Crippen molar-refractivity contribution in [3.05, 3.63) is 65.0 Å². The number of rotatable bonds is 8. The lowest BCUT2D eigenvalue weighted by atomic mass is 10.00. The van der Waals surface area contributed by atoms with Gasteiger partial charge in [0.15, 0.2) is 12.6 Å². The van der Waals surface area contributed by atoms with Crippen molar-refractivity contribution in [2.24, 2.45) is 0 Å². The number of ether oxygens (including phenoxy) is 1. The first-order valence-electron chi connectivity index (χ1n) is 11.5. The van der Waals surface area contributed by atoms with Crippen molar-refractivity contribution in [3.8, 4) is 0 Å². The molecule has 1 saturated heterocycles. The number of piperidine rings is 1. The summed E-state index contributed by atoms with van der Waals surface area (Å²) in [5.41, 5.74) is 2.98. The van der Waals surface area contributed by atoms with Crippen LogP contribution in [0.3, 0.4) is 0 Å². The lowest BCUT2D eigenvalue weighted by Gasteiger charge is -2.45. The van der Waals surface area contributed by atoms with Gasteiger partial charge in [-0.1, -0.05) is 37.3 Å². The number of hydrogen-bond acceptors (Lipinski definition) is 3. The van der Waals surface area contributed by atoms with E-state index in [1.807, 2.05) is 37.3 Å². The minimum atomic E-state index is -0.372. The molecule has 1 unspecified atom stereocenters. The van der Waals surface area contributed by atoms with Gasteiger partial charge in [0.2, 0.25) is 0 Å². The van der Waals surface area contributed by atoms with E-state index in [4.69, 9.17) is 4.74 Å². The maximum atomic E-state index is 13.7. The highest BCUT2D eigenvalue weighted by Gasteiger charge is 2.44. The van der Waals surface area contributed by atoms with Gasteiger partial charge in [0, 0.05) is 12.1 Å². The Labute approximate surface area is 190 Å². The van der Waals surface area contributed by atoms with Crippen molar-refractivity contribution < 1.29 is 23.2 Å². The Bertz CT molecular complexity index is 916. The van der Waals surface area contributed by atoms with E-state index in [1.54, 1.807) is 13.8 Å². The minimum absolute atomic E-state index is 0.122. The van der Waals surface area contributed by atoms with Crippen LogP contribution in [-0.4, -0.2) is 42.0 Å². The molecule has 2 aromatic carbocycles. The number of benzene rings is 2. The van der Waals surface area contributed by atoms with Crippen LogP contribution in [0.4, 0.5) is 10.1 Å². The molecule has 0 saturated carbocycles. The normalized spacial score (nSPS) is 16.2. The monoisotopic (exact) mass is 441 g/mol. The molecule has 1 heterocycles. The average Bonchev–Trinajstić information content (AvgIpc) is 2.76. The molecular weight excluding hydrogens is 407 g/mol. The topological polar surface area (TPSA) is 55.4 Å². The predicted octanol–water partition coefficient (Wildman–Crippen LogP) is 4.90. The average molecular weight is 442 g/mol. The Kier molecular flexibility index (Phi) is 8.02. The Morgan fingerprint density at radius 3 is 2.28 bits per heavy atom. The molecule has 32 heavy (non-hydrogen) atoms. The second-order valence-electron chi connectivity index (χ2n) is 8.86. The largest absolute Gasteiger partial charge is 0.457 e. The Morgan fingerprint density at radius 1 is 1.06 bits per heavy atom. The van der Waals surface area contributed by atoms with E-state index in [2.05, 4.69) is 5.32 Å². The number of aryl methyl sites for hydroxylation is 2. The molecule has 0 bridgehead atoms. The zero-order valence-corrected chi connectivity index (χ0v) is 19.3. The molecule has 2 aromatic rings. The van der Waals surface area contributed by atoms with Gasteiger partial charge in [0.25, 0.3) is 5.91 Å². The number of likely N-dealkylation sites (tertiary alicyclic amines) is 1. The van der Waals surface area contributed by atoms with Crippen LogP contribution in [0, 0.1) is 19.7 Å². The Morgan fingerprint density at radius 2 is 1.69 bits per heavy atom. The summed E-state index contributed by atoms with van der Waals surface area (Å²) < 4.78 is 19.7. The third-order valence-corrected chi connectivity index (χ3v) is 6.49. The standard InChI is InChI=1S/C26H33FN2O3/c1-4-23(26(31)28-25-19(2)15-22(27)16-20(25)3)29(13-9-6-10-14-29)17-24(30)32-18-21-11-7-5-8-12-21/h5,7-8,11-12,15-16,23H,4,6,9-10,13-14,17-18H2,1-3H3/p+1. The summed E-state index contributed by atoms with van der Waals surface area (Å²) in [6.45, 7) is 7.52. The number of anilines is 1. The fourth-order valence-electron chi connectivity index (χ4n) is 4.90. The van der Waals surface area contributed by atoms with Crippen LogP contribution < -0.4 is 5.32 Å². The molecular formula is C26H34FN2O3+. The number of carbonyl (C=O) groups is 2. The van der Waals surface area contributed by atoms with E-state index in [-0.39, 0.29) is 36.9 Å². The van der Waals surface area contributed by atoms with Crippen LogP contribution in [0.15, 0.2) is 42.5 Å². The summed E-state index contributed by atoms with van der Waals surface area (Å²) in [4.78, 5) is 26.3. The number of nitrogens with zero attached hydrogens (tertiary/aromatic N) is 1. The van der Waals surface area contributed by atoms with Crippen molar-refractivity contribution in [1.29, 1.82) is 0 Å². The van der Waals surface area contributed by atoms with Crippen LogP contribution in [0.1, 0.15) is 49.3 Å². The van der Waals surface area contributed by atoms with Crippen LogP contribution in [0.2, 0.25) is 0 Å². The molecule has 172 valence electrons. The summed E-state index contributed by atoms with van der Waals surface area (Å²) in [5, 5.41) is 3.04. The molecule has 0 spiro atoms. The second kappa shape index (κ2) is 10.7. The Hall–Kier alpha value is -2.73. The first-order chi connectivity index (χ1) is 15.3. The van der Waals surface area contributed by atoms with Crippen molar-refractivity contribution in [1.82, 2.24) is 0 Å². The number of hydrogen-bond donors (Lipinski definition) is 1. The summed E-state index contributed by atoms with van der Waals surface area (Å²) in [7, 11) is 0. The molecule has 1 N–H and O–H groups in total. The molecule has 3 rings (SSSR count). The zero-order valence-electron chi connectivity index (χ0n) is 19.3.